The van der Waals surface area contributed by atoms with Crippen LogP contribution in [0.5, 0.6) is 0 Å². The molecule has 27 heavy (non-hydrogen) atoms. The van der Waals surface area contributed by atoms with Gasteiger partial charge in [0.2, 0.25) is 0 Å². The van der Waals surface area contributed by atoms with Crippen molar-refractivity contribution in [3.05, 3.63) is 84.2 Å². The molecule has 0 radical (unpaired) electrons. The summed E-state index contributed by atoms with van der Waals surface area (Å²) in [5, 5.41) is 13.6. The molecule has 0 aliphatic carbocycles. The summed E-state index contributed by atoms with van der Waals surface area (Å²) in [4.78, 5) is 11.0. The van der Waals surface area contributed by atoms with Crippen LogP contribution in [-0.2, 0) is 6.54 Å². The van der Waals surface area contributed by atoms with Crippen LogP contribution in [0.15, 0.2) is 67.1 Å². The first kappa shape index (κ1) is 17.6. The first-order valence-electron chi connectivity index (χ1n) is 8.92. The molecule has 0 unspecified atom stereocenters. The van der Waals surface area contributed by atoms with Gasteiger partial charge in [0, 0.05) is 30.8 Å². The van der Waals surface area contributed by atoms with Gasteiger partial charge in [-0.3, -0.25) is 9.97 Å². The number of aliphatic hydroxyl groups is 1. The zero-order chi connectivity index (χ0) is 18.6. The maximum atomic E-state index is 9.56. The minimum Gasteiger partial charge on any atom is -0.395 e. The molecule has 4 heterocycles. The van der Waals surface area contributed by atoms with Gasteiger partial charge in [-0.25, -0.2) is 0 Å². The van der Waals surface area contributed by atoms with E-state index in [0.717, 1.165) is 17.1 Å². The molecule has 1 aliphatic rings. The fourth-order valence-corrected chi connectivity index (χ4v) is 3.91. The Morgan fingerprint density at radius 2 is 1.85 bits per heavy atom. The van der Waals surface area contributed by atoms with Crippen molar-refractivity contribution in [2.24, 2.45) is 0 Å². The van der Waals surface area contributed by atoms with Crippen LogP contribution in [0, 0.1) is 0 Å². The number of hydrogen-bond acceptors (Lipinski definition) is 4. The molecule has 0 saturated carbocycles. The van der Waals surface area contributed by atoms with Gasteiger partial charge in [-0.15, -0.1) is 0 Å². The molecule has 3 aromatic heterocycles. The number of hydrogen-bond donors (Lipinski definition) is 2. The molecule has 0 bridgehead atoms. The molecular formula is C20H21N5OS. The summed E-state index contributed by atoms with van der Waals surface area (Å²) in [6.45, 7) is 1.18. The van der Waals surface area contributed by atoms with E-state index >= 15 is 0 Å². The van der Waals surface area contributed by atoms with E-state index in [4.69, 9.17) is 12.2 Å². The summed E-state index contributed by atoms with van der Waals surface area (Å²) >= 11 is 5.56. The fourth-order valence-electron chi connectivity index (χ4n) is 3.58. The van der Waals surface area contributed by atoms with E-state index < -0.39 is 0 Å². The fraction of sp³-hybridized carbons (Fsp3) is 0.250. The second kappa shape index (κ2) is 7.85. The summed E-state index contributed by atoms with van der Waals surface area (Å²) in [6, 6.07) is 15.8. The number of aromatic nitrogens is 3. The van der Waals surface area contributed by atoms with Crippen molar-refractivity contribution in [2.45, 2.75) is 18.6 Å². The predicted octanol–water partition coefficient (Wildman–Crippen LogP) is 2.29. The molecule has 3 aromatic rings. The Kier molecular flexibility index (Phi) is 5.13. The van der Waals surface area contributed by atoms with Gasteiger partial charge < -0.3 is 19.9 Å². The van der Waals surface area contributed by atoms with E-state index in [-0.39, 0.29) is 18.7 Å². The first-order chi connectivity index (χ1) is 13.3. The van der Waals surface area contributed by atoms with Crippen LogP contribution in [-0.4, -0.2) is 42.8 Å². The van der Waals surface area contributed by atoms with Crippen molar-refractivity contribution < 1.29 is 5.11 Å². The lowest BCUT2D eigenvalue weighted by molar-refractivity contribution is 0.219. The van der Waals surface area contributed by atoms with E-state index in [1.54, 1.807) is 12.4 Å². The van der Waals surface area contributed by atoms with E-state index in [1.165, 1.54) is 0 Å². The van der Waals surface area contributed by atoms with Crippen molar-refractivity contribution in [3.8, 4) is 0 Å². The Morgan fingerprint density at radius 3 is 2.56 bits per heavy atom. The summed E-state index contributed by atoms with van der Waals surface area (Å²) < 4.78 is 2.18. The van der Waals surface area contributed by atoms with Gasteiger partial charge in [0.15, 0.2) is 5.11 Å². The molecule has 6 nitrogen and oxygen atoms in total. The molecule has 2 atom stereocenters. The number of nitrogens with one attached hydrogen (secondary N) is 1. The topological polar surface area (TPSA) is 66.2 Å². The number of aliphatic hydroxyl groups excluding tert-OH is 1. The van der Waals surface area contributed by atoms with Gasteiger partial charge in [-0.05, 0) is 48.6 Å². The van der Waals surface area contributed by atoms with Gasteiger partial charge in [-0.1, -0.05) is 12.1 Å². The second-order valence-corrected chi connectivity index (χ2v) is 6.81. The molecule has 2 N–H and O–H groups in total. The summed E-state index contributed by atoms with van der Waals surface area (Å²) in [6.07, 6.45) is 5.65. The van der Waals surface area contributed by atoms with E-state index in [1.807, 2.05) is 47.4 Å². The third-order valence-corrected chi connectivity index (χ3v) is 5.12. The maximum Gasteiger partial charge on any atom is 0.170 e. The highest BCUT2D eigenvalue weighted by molar-refractivity contribution is 7.80. The van der Waals surface area contributed by atoms with Gasteiger partial charge in [-0.2, -0.15) is 0 Å². The zero-order valence-electron chi connectivity index (χ0n) is 14.8. The van der Waals surface area contributed by atoms with E-state index in [0.29, 0.717) is 18.2 Å². The largest absolute Gasteiger partial charge is 0.395 e. The number of pyridine rings is 2. The van der Waals surface area contributed by atoms with Crippen LogP contribution < -0.4 is 5.32 Å². The van der Waals surface area contributed by atoms with Gasteiger partial charge in [0.1, 0.15) is 0 Å². The average molecular weight is 379 g/mol. The van der Waals surface area contributed by atoms with Gasteiger partial charge in [0.05, 0.1) is 36.6 Å². The summed E-state index contributed by atoms with van der Waals surface area (Å²) in [5.41, 5.74) is 3.03. The highest BCUT2D eigenvalue weighted by atomic mass is 32.1. The zero-order valence-corrected chi connectivity index (χ0v) is 15.6. The smallest absolute Gasteiger partial charge is 0.170 e. The van der Waals surface area contributed by atoms with Crippen LogP contribution in [0.1, 0.15) is 29.2 Å². The van der Waals surface area contributed by atoms with Crippen LogP contribution in [0.4, 0.5) is 0 Å². The first-order valence-corrected chi connectivity index (χ1v) is 9.32. The monoisotopic (exact) mass is 379 g/mol. The lowest BCUT2D eigenvalue weighted by Gasteiger charge is -2.28. The van der Waals surface area contributed by atoms with Crippen molar-refractivity contribution in [1.29, 1.82) is 0 Å². The van der Waals surface area contributed by atoms with Crippen molar-refractivity contribution in [1.82, 2.24) is 24.8 Å². The third kappa shape index (κ3) is 3.56. The molecule has 1 saturated heterocycles. The normalized spacial score (nSPS) is 19.3. The van der Waals surface area contributed by atoms with Crippen LogP contribution >= 0.6 is 12.2 Å². The van der Waals surface area contributed by atoms with Crippen LogP contribution in [0.2, 0.25) is 0 Å². The predicted molar refractivity (Wildman–Crippen MR) is 107 cm³/mol. The molecule has 4 rings (SSSR count). The van der Waals surface area contributed by atoms with E-state index in [2.05, 4.69) is 32.1 Å². The number of nitrogens with zero attached hydrogens (tertiary/aromatic N) is 4. The van der Waals surface area contributed by atoms with Crippen LogP contribution in [0.3, 0.4) is 0 Å². The molecule has 7 heteroatoms. The Labute approximate surface area is 163 Å². The SMILES string of the molecule is OCCN1C(=S)N[C@H](c2ccccn2)[C@H]1c1cccn1Cc1ccccn1. The molecule has 1 aliphatic heterocycles. The molecule has 138 valence electrons. The lowest BCUT2D eigenvalue weighted by atomic mass is 10.0. The standard InChI is InChI=1S/C20H21N5OS/c26-13-12-25-19(18(23-20(25)27)16-7-2-4-10-22-16)17-8-5-11-24(17)14-15-6-1-3-9-21-15/h1-11,18-19,26H,12-14H2,(H,23,27)/t18-,19-/m1/s1. The Balaban J connectivity index is 1.72. The van der Waals surface area contributed by atoms with Crippen molar-refractivity contribution in [3.63, 3.8) is 0 Å². The lowest BCUT2D eigenvalue weighted by Crippen LogP contribution is -2.33. The number of rotatable bonds is 6. The molecule has 0 aromatic carbocycles. The number of thiocarbonyl (C=S) groups is 1. The highest BCUT2D eigenvalue weighted by Gasteiger charge is 2.40. The molecule has 1 fully saturated rings. The summed E-state index contributed by atoms with van der Waals surface area (Å²) in [7, 11) is 0. The summed E-state index contributed by atoms with van der Waals surface area (Å²) in [5.74, 6) is 0. The number of β-amino-alcohol motifs (C(OH)–C–C–N with tert-alkyl or cyclic N) is 1. The Morgan fingerprint density at radius 1 is 1.04 bits per heavy atom. The Hall–Kier alpha value is -2.77. The second-order valence-electron chi connectivity index (χ2n) is 6.43. The van der Waals surface area contributed by atoms with E-state index in [9.17, 15) is 5.11 Å². The van der Waals surface area contributed by atoms with Crippen LogP contribution in [0.25, 0.3) is 0 Å². The molecule has 0 spiro atoms. The van der Waals surface area contributed by atoms with Gasteiger partial charge in [0.25, 0.3) is 0 Å². The van der Waals surface area contributed by atoms with Crippen molar-refractivity contribution in [2.75, 3.05) is 13.2 Å². The van der Waals surface area contributed by atoms with Crippen molar-refractivity contribution >= 4 is 17.3 Å². The highest BCUT2D eigenvalue weighted by Crippen LogP contribution is 2.38. The van der Waals surface area contributed by atoms with Gasteiger partial charge >= 0.3 is 0 Å². The minimum atomic E-state index is -0.0809. The quantitative estimate of drug-likeness (QED) is 0.641. The average Bonchev–Trinajstić information content (AvgIpc) is 3.28. The molecule has 0 amide bonds. The Bertz CT molecular complexity index is 899. The maximum absolute atomic E-state index is 9.56. The molecular weight excluding hydrogens is 358 g/mol. The third-order valence-electron chi connectivity index (χ3n) is 4.76. The minimum absolute atomic E-state index is 0.0359.